The van der Waals surface area contributed by atoms with Crippen LogP contribution in [0.3, 0.4) is 0 Å². The Morgan fingerprint density at radius 3 is 2.60 bits per heavy atom. The third kappa shape index (κ3) is 7.98. The molecule has 1 heterocycles. The minimum absolute atomic E-state index is 0.107. The van der Waals surface area contributed by atoms with Crippen molar-refractivity contribution in [2.45, 2.75) is 33.3 Å². The molecule has 0 aliphatic carbocycles. The monoisotopic (exact) mass is 413 g/mol. The van der Waals surface area contributed by atoms with E-state index in [4.69, 9.17) is 9.47 Å². The number of benzene rings is 1. The summed E-state index contributed by atoms with van der Waals surface area (Å²) < 4.78 is 11.2. The molecule has 1 unspecified atom stereocenters. The van der Waals surface area contributed by atoms with Crippen LogP contribution < -0.4 is 25.4 Å². The molecule has 3 N–H and O–H groups in total. The van der Waals surface area contributed by atoms with E-state index in [2.05, 4.69) is 25.9 Å². The molecule has 8 nitrogen and oxygen atoms in total. The van der Waals surface area contributed by atoms with Crippen LogP contribution in [-0.4, -0.2) is 49.7 Å². The van der Waals surface area contributed by atoms with Crippen molar-refractivity contribution in [3.63, 3.8) is 0 Å². The maximum atomic E-state index is 12.1. The van der Waals surface area contributed by atoms with Crippen molar-refractivity contribution >= 4 is 17.7 Å². The average molecular weight is 414 g/mol. The molecular formula is C22H31N5O3. The Hall–Kier alpha value is -3.29. The molecule has 162 valence electrons. The lowest BCUT2D eigenvalue weighted by Gasteiger charge is -2.16. The Kier molecular flexibility index (Phi) is 9.44. The van der Waals surface area contributed by atoms with Gasteiger partial charge in [-0.15, -0.1) is 0 Å². The second-order valence-electron chi connectivity index (χ2n) is 6.69. The van der Waals surface area contributed by atoms with E-state index in [0.717, 1.165) is 5.69 Å². The van der Waals surface area contributed by atoms with Crippen LogP contribution in [0.15, 0.2) is 47.5 Å². The summed E-state index contributed by atoms with van der Waals surface area (Å²) in [6, 6.07) is 13.0. The molecule has 0 spiro atoms. The lowest BCUT2D eigenvalue weighted by Crippen LogP contribution is -2.39. The highest BCUT2D eigenvalue weighted by molar-refractivity contribution is 5.90. The van der Waals surface area contributed by atoms with Gasteiger partial charge in [0.05, 0.1) is 13.7 Å². The third-order valence-corrected chi connectivity index (χ3v) is 4.05. The third-order valence-electron chi connectivity index (χ3n) is 4.05. The summed E-state index contributed by atoms with van der Waals surface area (Å²) in [5.41, 5.74) is 0.858. The number of guanidine groups is 1. The number of ether oxygens (including phenoxy) is 2. The summed E-state index contributed by atoms with van der Waals surface area (Å²) in [6.45, 7) is 7.43. The topological polar surface area (TPSA) is 96.9 Å². The van der Waals surface area contributed by atoms with Gasteiger partial charge in [-0.25, -0.2) is 9.98 Å². The first-order chi connectivity index (χ1) is 14.5. The van der Waals surface area contributed by atoms with Gasteiger partial charge in [0, 0.05) is 25.2 Å². The van der Waals surface area contributed by atoms with Crippen LogP contribution >= 0.6 is 0 Å². The number of aryl methyl sites for hydroxylation is 1. The summed E-state index contributed by atoms with van der Waals surface area (Å²) in [5.74, 6) is 2.45. The molecule has 30 heavy (non-hydrogen) atoms. The van der Waals surface area contributed by atoms with E-state index in [-0.39, 0.29) is 12.0 Å². The van der Waals surface area contributed by atoms with Gasteiger partial charge in [-0.1, -0.05) is 18.2 Å². The van der Waals surface area contributed by atoms with E-state index in [9.17, 15) is 4.79 Å². The first-order valence-corrected chi connectivity index (χ1v) is 10.1. The number of methoxy groups -OCH3 is 1. The molecule has 1 aromatic heterocycles. The zero-order valence-electron chi connectivity index (χ0n) is 18.1. The molecule has 0 saturated carbocycles. The van der Waals surface area contributed by atoms with Crippen molar-refractivity contribution in [1.29, 1.82) is 0 Å². The molecule has 0 saturated heterocycles. The Bertz CT molecular complexity index is 841. The van der Waals surface area contributed by atoms with Gasteiger partial charge in [0.1, 0.15) is 11.9 Å². The highest BCUT2D eigenvalue weighted by Crippen LogP contribution is 2.26. The average Bonchev–Trinajstić information content (AvgIpc) is 2.72. The summed E-state index contributed by atoms with van der Waals surface area (Å²) in [7, 11) is 1.61. The number of hydrogen-bond acceptors (Lipinski definition) is 5. The minimum atomic E-state index is -0.146. The number of carbonyl (C=O) groups is 1. The number of rotatable bonds is 10. The van der Waals surface area contributed by atoms with Crippen LogP contribution in [0.25, 0.3) is 0 Å². The van der Waals surface area contributed by atoms with Crippen LogP contribution in [0.1, 0.15) is 26.0 Å². The van der Waals surface area contributed by atoms with Crippen molar-refractivity contribution in [1.82, 2.24) is 15.6 Å². The second kappa shape index (κ2) is 12.3. The molecule has 1 amide bonds. The SMILES string of the molecule is CCNC(=NCC(C)Oc1ccccc1OC)NCCC(=O)Nc1cccc(C)n1. The number of carbonyl (C=O) groups excluding carboxylic acids is 1. The fraction of sp³-hybridized carbons (Fsp3) is 0.409. The largest absolute Gasteiger partial charge is 0.493 e. The van der Waals surface area contributed by atoms with E-state index < -0.39 is 0 Å². The molecule has 0 aliphatic heterocycles. The van der Waals surface area contributed by atoms with Crippen molar-refractivity contribution in [3.8, 4) is 11.5 Å². The zero-order valence-corrected chi connectivity index (χ0v) is 18.1. The second-order valence-corrected chi connectivity index (χ2v) is 6.69. The normalized spacial score (nSPS) is 12.1. The van der Waals surface area contributed by atoms with Crippen molar-refractivity contribution in [3.05, 3.63) is 48.2 Å². The Morgan fingerprint density at radius 1 is 1.13 bits per heavy atom. The van der Waals surface area contributed by atoms with Crippen LogP contribution in [0, 0.1) is 6.92 Å². The van der Waals surface area contributed by atoms with Crippen molar-refractivity contribution in [2.75, 3.05) is 32.1 Å². The maximum Gasteiger partial charge on any atom is 0.227 e. The maximum absolute atomic E-state index is 12.1. The quantitative estimate of drug-likeness (QED) is 0.409. The molecule has 0 bridgehead atoms. The van der Waals surface area contributed by atoms with Gasteiger partial charge in [0.25, 0.3) is 0 Å². The van der Waals surface area contributed by atoms with Crippen LogP contribution in [0.4, 0.5) is 5.82 Å². The summed E-state index contributed by atoms with van der Waals surface area (Å²) in [4.78, 5) is 20.9. The smallest absolute Gasteiger partial charge is 0.227 e. The zero-order chi connectivity index (χ0) is 21.8. The number of hydrogen-bond donors (Lipinski definition) is 3. The van der Waals surface area contributed by atoms with Gasteiger partial charge in [-0.2, -0.15) is 0 Å². The molecule has 0 fully saturated rings. The lowest BCUT2D eigenvalue weighted by molar-refractivity contribution is -0.116. The molecule has 1 atom stereocenters. The summed E-state index contributed by atoms with van der Waals surface area (Å²) >= 11 is 0. The number of amides is 1. The molecule has 8 heteroatoms. The highest BCUT2D eigenvalue weighted by Gasteiger charge is 2.09. The fourth-order valence-electron chi connectivity index (χ4n) is 2.64. The number of para-hydroxylation sites is 2. The van der Waals surface area contributed by atoms with E-state index in [0.29, 0.717) is 49.3 Å². The summed E-state index contributed by atoms with van der Waals surface area (Å²) in [6.07, 6.45) is 0.153. The van der Waals surface area contributed by atoms with Crippen LogP contribution in [0.2, 0.25) is 0 Å². The van der Waals surface area contributed by atoms with Gasteiger partial charge in [-0.3, -0.25) is 4.79 Å². The van der Waals surface area contributed by atoms with Gasteiger partial charge >= 0.3 is 0 Å². The van der Waals surface area contributed by atoms with Crippen LogP contribution in [-0.2, 0) is 4.79 Å². The van der Waals surface area contributed by atoms with Gasteiger partial charge in [-0.05, 0) is 45.0 Å². The first kappa shape index (κ1) is 23.0. The number of anilines is 1. The standard InChI is InChI=1S/C22H31N5O3/c1-5-23-22(24-14-13-21(28)27-20-12-8-9-16(2)26-20)25-15-17(3)30-19-11-7-6-10-18(19)29-4/h6-12,17H,5,13-15H2,1-4H3,(H2,23,24,25)(H,26,27,28). The van der Waals surface area contributed by atoms with Gasteiger partial charge < -0.3 is 25.4 Å². The van der Waals surface area contributed by atoms with Crippen molar-refractivity contribution < 1.29 is 14.3 Å². The molecule has 2 aromatic rings. The van der Waals surface area contributed by atoms with Crippen molar-refractivity contribution in [2.24, 2.45) is 4.99 Å². The van der Waals surface area contributed by atoms with E-state index >= 15 is 0 Å². The summed E-state index contributed by atoms with van der Waals surface area (Å²) in [5, 5.41) is 9.13. The Labute approximate surface area is 178 Å². The number of pyridine rings is 1. The highest BCUT2D eigenvalue weighted by atomic mass is 16.5. The first-order valence-electron chi connectivity index (χ1n) is 10.1. The number of nitrogens with zero attached hydrogens (tertiary/aromatic N) is 2. The fourth-order valence-corrected chi connectivity index (χ4v) is 2.64. The minimum Gasteiger partial charge on any atom is -0.493 e. The lowest BCUT2D eigenvalue weighted by atomic mass is 10.3. The number of nitrogens with one attached hydrogen (secondary N) is 3. The van der Waals surface area contributed by atoms with E-state index in [1.807, 2.05) is 57.2 Å². The van der Waals surface area contributed by atoms with Gasteiger partial charge in [0.2, 0.25) is 5.91 Å². The molecule has 2 rings (SSSR count). The molecular weight excluding hydrogens is 382 g/mol. The van der Waals surface area contributed by atoms with Gasteiger partial charge in [0.15, 0.2) is 17.5 Å². The predicted molar refractivity (Wildman–Crippen MR) is 119 cm³/mol. The number of aliphatic imine (C=N–C) groups is 1. The van der Waals surface area contributed by atoms with Crippen LogP contribution in [0.5, 0.6) is 11.5 Å². The molecule has 1 aromatic carbocycles. The number of aromatic nitrogens is 1. The predicted octanol–water partition coefficient (Wildman–Crippen LogP) is 2.75. The molecule has 0 aliphatic rings. The van der Waals surface area contributed by atoms with E-state index in [1.165, 1.54) is 0 Å². The molecule has 0 radical (unpaired) electrons. The Balaban J connectivity index is 1.81. The Morgan fingerprint density at radius 2 is 1.90 bits per heavy atom. The van der Waals surface area contributed by atoms with E-state index in [1.54, 1.807) is 13.2 Å².